The molecule has 0 spiro atoms. The lowest BCUT2D eigenvalue weighted by Gasteiger charge is -2.16. The van der Waals surface area contributed by atoms with E-state index >= 15 is 0 Å². The summed E-state index contributed by atoms with van der Waals surface area (Å²) in [5, 5.41) is 3.41. The first-order valence-corrected chi connectivity index (χ1v) is 6.10. The number of nitrogens with one attached hydrogen (secondary N) is 1. The minimum absolute atomic E-state index is 0.182. The van der Waals surface area contributed by atoms with Gasteiger partial charge in [-0.15, -0.1) is 0 Å². The number of amides is 1. The van der Waals surface area contributed by atoms with Gasteiger partial charge in [0, 0.05) is 10.6 Å². The number of hydrogen-bond acceptors (Lipinski definition) is 2. The van der Waals surface area contributed by atoms with E-state index in [-0.39, 0.29) is 11.9 Å². The molecule has 0 aliphatic rings. The Morgan fingerprint density at radius 1 is 1.59 bits per heavy atom. The van der Waals surface area contributed by atoms with E-state index in [1.807, 2.05) is 13.8 Å². The fourth-order valence-corrected chi connectivity index (χ4v) is 1.94. The number of thiocarbonyl (C=S) groups is 1. The van der Waals surface area contributed by atoms with Crippen molar-refractivity contribution in [3.8, 4) is 0 Å². The molecule has 0 aliphatic heterocycles. The van der Waals surface area contributed by atoms with Crippen LogP contribution >= 0.6 is 23.8 Å². The van der Waals surface area contributed by atoms with Gasteiger partial charge in [-0.25, -0.2) is 0 Å². The van der Waals surface area contributed by atoms with Crippen LogP contribution in [0, 0.1) is 6.92 Å². The minimum Gasteiger partial charge on any atom is -0.392 e. The maximum absolute atomic E-state index is 12.0. The van der Waals surface area contributed by atoms with Crippen molar-refractivity contribution in [2.75, 3.05) is 0 Å². The first-order chi connectivity index (χ1) is 7.95. The van der Waals surface area contributed by atoms with Crippen molar-refractivity contribution in [1.82, 2.24) is 5.32 Å². The Balaban J connectivity index is 2.86. The molecule has 92 valence electrons. The molecular formula is C12H15ClN2OS. The van der Waals surface area contributed by atoms with Crippen LogP contribution < -0.4 is 11.1 Å². The number of hydrogen-bond donors (Lipinski definition) is 2. The van der Waals surface area contributed by atoms with Gasteiger partial charge in [0.1, 0.15) is 0 Å². The van der Waals surface area contributed by atoms with Crippen LogP contribution in [0.4, 0.5) is 0 Å². The summed E-state index contributed by atoms with van der Waals surface area (Å²) in [5.74, 6) is -0.182. The molecule has 1 aromatic rings. The van der Waals surface area contributed by atoms with Gasteiger partial charge in [-0.1, -0.05) is 30.7 Å². The molecule has 0 heterocycles. The quantitative estimate of drug-likeness (QED) is 0.827. The lowest BCUT2D eigenvalue weighted by Crippen LogP contribution is -2.43. The summed E-state index contributed by atoms with van der Waals surface area (Å²) in [5.41, 5.74) is 6.95. The number of rotatable bonds is 4. The number of halogens is 1. The highest BCUT2D eigenvalue weighted by Crippen LogP contribution is 2.15. The molecule has 0 bridgehead atoms. The fourth-order valence-electron chi connectivity index (χ4n) is 1.49. The Hall–Kier alpha value is -1.13. The second-order valence-electron chi connectivity index (χ2n) is 3.80. The second-order valence-corrected chi connectivity index (χ2v) is 4.70. The number of aryl methyl sites for hydroxylation is 1. The average Bonchev–Trinajstić information content (AvgIpc) is 2.24. The van der Waals surface area contributed by atoms with Crippen molar-refractivity contribution in [3.05, 3.63) is 34.3 Å². The number of carbonyl (C=O) groups excluding carboxylic acids is 1. The monoisotopic (exact) mass is 270 g/mol. The highest BCUT2D eigenvalue weighted by Gasteiger charge is 2.15. The maximum atomic E-state index is 12.0. The van der Waals surface area contributed by atoms with Crippen LogP contribution in [0.15, 0.2) is 18.2 Å². The zero-order valence-electron chi connectivity index (χ0n) is 9.79. The number of benzene rings is 1. The molecule has 0 saturated heterocycles. The molecule has 0 radical (unpaired) electrons. The molecule has 1 unspecified atom stereocenters. The van der Waals surface area contributed by atoms with Crippen LogP contribution in [0.2, 0.25) is 5.02 Å². The third-order valence-electron chi connectivity index (χ3n) is 2.49. The predicted octanol–water partition coefficient (Wildman–Crippen LogP) is 2.44. The highest BCUT2D eigenvalue weighted by molar-refractivity contribution is 7.80. The molecule has 3 N–H and O–H groups in total. The van der Waals surface area contributed by atoms with Crippen molar-refractivity contribution in [1.29, 1.82) is 0 Å². The molecular weight excluding hydrogens is 256 g/mol. The Kier molecular flexibility index (Phi) is 4.90. The van der Waals surface area contributed by atoms with E-state index in [0.29, 0.717) is 22.0 Å². The largest absolute Gasteiger partial charge is 0.392 e. The van der Waals surface area contributed by atoms with Crippen molar-refractivity contribution < 1.29 is 4.79 Å². The molecule has 17 heavy (non-hydrogen) atoms. The summed E-state index contributed by atoms with van der Waals surface area (Å²) in [6.45, 7) is 3.75. The van der Waals surface area contributed by atoms with Gasteiger partial charge in [-0.05, 0) is 37.1 Å². The minimum atomic E-state index is -0.271. The normalized spacial score (nSPS) is 11.9. The van der Waals surface area contributed by atoms with E-state index < -0.39 is 0 Å². The summed E-state index contributed by atoms with van der Waals surface area (Å²) >= 11 is 10.7. The third kappa shape index (κ3) is 3.68. The molecule has 0 aliphatic carbocycles. The van der Waals surface area contributed by atoms with Gasteiger partial charge in [0.25, 0.3) is 5.91 Å². The zero-order chi connectivity index (χ0) is 13.0. The molecule has 1 aromatic carbocycles. The van der Waals surface area contributed by atoms with Crippen molar-refractivity contribution in [2.24, 2.45) is 5.73 Å². The first-order valence-electron chi connectivity index (χ1n) is 5.32. The van der Waals surface area contributed by atoms with E-state index in [1.165, 1.54) is 0 Å². The van der Waals surface area contributed by atoms with E-state index in [4.69, 9.17) is 29.6 Å². The van der Waals surface area contributed by atoms with Gasteiger partial charge in [0.2, 0.25) is 0 Å². The zero-order valence-corrected chi connectivity index (χ0v) is 11.4. The van der Waals surface area contributed by atoms with Crippen molar-refractivity contribution in [3.63, 3.8) is 0 Å². The lowest BCUT2D eigenvalue weighted by atomic mass is 10.1. The van der Waals surface area contributed by atoms with Crippen molar-refractivity contribution >= 4 is 34.7 Å². The van der Waals surface area contributed by atoms with Crippen LogP contribution in [0.25, 0.3) is 0 Å². The lowest BCUT2D eigenvalue weighted by molar-refractivity contribution is 0.0946. The Labute approximate surface area is 111 Å². The van der Waals surface area contributed by atoms with E-state index in [2.05, 4.69) is 5.32 Å². The smallest absolute Gasteiger partial charge is 0.252 e. The predicted molar refractivity (Wildman–Crippen MR) is 74.5 cm³/mol. The SMILES string of the molecule is CCC(NC(=O)c1ccc(Cl)cc1C)C(N)=S. The second kappa shape index (κ2) is 5.98. The molecule has 0 saturated carbocycles. The van der Waals surface area contributed by atoms with Crippen LogP contribution in [-0.4, -0.2) is 16.9 Å². The maximum Gasteiger partial charge on any atom is 0.252 e. The molecule has 1 rings (SSSR count). The molecule has 5 heteroatoms. The summed E-state index contributed by atoms with van der Waals surface area (Å²) in [6, 6.07) is 4.86. The van der Waals surface area contributed by atoms with Crippen molar-refractivity contribution in [2.45, 2.75) is 26.3 Å². The fraction of sp³-hybridized carbons (Fsp3) is 0.333. The van der Waals surface area contributed by atoms with E-state index in [1.54, 1.807) is 18.2 Å². The first kappa shape index (κ1) is 13.9. The number of carbonyl (C=O) groups is 1. The van der Waals surface area contributed by atoms with Gasteiger partial charge in [-0.2, -0.15) is 0 Å². The van der Waals surface area contributed by atoms with Gasteiger partial charge in [0.05, 0.1) is 11.0 Å². The molecule has 0 fully saturated rings. The topological polar surface area (TPSA) is 55.1 Å². The molecule has 0 aromatic heterocycles. The molecule has 3 nitrogen and oxygen atoms in total. The summed E-state index contributed by atoms with van der Waals surface area (Å²) in [6.07, 6.45) is 0.674. The van der Waals surface area contributed by atoms with Crippen LogP contribution in [0.1, 0.15) is 29.3 Å². The van der Waals surface area contributed by atoms with Crippen LogP contribution in [0.5, 0.6) is 0 Å². The summed E-state index contributed by atoms with van der Waals surface area (Å²) in [7, 11) is 0. The summed E-state index contributed by atoms with van der Waals surface area (Å²) < 4.78 is 0. The van der Waals surface area contributed by atoms with Gasteiger partial charge in [0.15, 0.2) is 0 Å². The van der Waals surface area contributed by atoms with Crippen LogP contribution in [-0.2, 0) is 0 Å². The van der Waals surface area contributed by atoms with Gasteiger partial charge >= 0.3 is 0 Å². The van der Waals surface area contributed by atoms with Crippen LogP contribution in [0.3, 0.4) is 0 Å². The Morgan fingerprint density at radius 2 is 2.24 bits per heavy atom. The molecule has 1 atom stereocenters. The summed E-state index contributed by atoms with van der Waals surface area (Å²) in [4.78, 5) is 12.3. The average molecular weight is 271 g/mol. The van der Waals surface area contributed by atoms with Gasteiger partial charge in [-0.3, -0.25) is 4.79 Å². The Bertz CT molecular complexity index is 448. The third-order valence-corrected chi connectivity index (χ3v) is 3.01. The Morgan fingerprint density at radius 3 is 2.71 bits per heavy atom. The molecule has 1 amide bonds. The van der Waals surface area contributed by atoms with E-state index in [0.717, 1.165) is 5.56 Å². The van der Waals surface area contributed by atoms with Gasteiger partial charge < -0.3 is 11.1 Å². The number of nitrogens with two attached hydrogens (primary N) is 1. The van der Waals surface area contributed by atoms with E-state index in [9.17, 15) is 4.79 Å². The standard InChI is InChI=1S/C12H15ClN2OS/c1-3-10(11(14)17)15-12(16)9-5-4-8(13)6-7(9)2/h4-6,10H,3H2,1-2H3,(H2,14,17)(H,15,16). The highest BCUT2D eigenvalue weighted by atomic mass is 35.5.